The molecule has 1 atom stereocenters. The lowest BCUT2D eigenvalue weighted by Gasteiger charge is -2.24. The van der Waals surface area contributed by atoms with E-state index in [1.807, 2.05) is 37.3 Å². The van der Waals surface area contributed by atoms with Crippen LogP contribution in [0.1, 0.15) is 27.3 Å². The van der Waals surface area contributed by atoms with Crippen molar-refractivity contribution >= 4 is 11.7 Å². The molecule has 0 unspecified atom stereocenters. The molecule has 1 heterocycles. The van der Waals surface area contributed by atoms with Gasteiger partial charge in [-0.1, -0.05) is 30.3 Å². The number of ketones is 1. The zero-order valence-corrected chi connectivity index (χ0v) is 11.8. The van der Waals surface area contributed by atoms with Gasteiger partial charge in [-0.05, 0) is 30.2 Å². The van der Waals surface area contributed by atoms with Gasteiger partial charge in [0.1, 0.15) is 5.69 Å². The molecule has 0 aliphatic heterocycles. The largest absolute Gasteiger partial charge is 0.341 e. The zero-order chi connectivity index (χ0) is 14.8. The maximum Gasteiger partial charge on any atom is 0.270 e. The average Bonchev–Trinajstić information content (AvgIpc) is 2.48. The second-order valence-corrected chi connectivity index (χ2v) is 5.31. The van der Waals surface area contributed by atoms with Gasteiger partial charge in [0, 0.05) is 18.5 Å². The Morgan fingerprint density at radius 3 is 2.67 bits per heavy atom. The summed E-state index contributed by atoms with van der Waals surface area (Å²) in [5, 5.41) is 2.80. The summed E-state index contributed by atoms with van der Waals surface area (Å²) in [6, 6.07) is 12.7. The number of pyridine rings is 1. The van der Waals surface area contributed by atoms with Crippen molar-refractivity contribution in [1.29, 1.82) is 0 Å². The number of aromatic nitrogens is 1. The Hall–Kier alpha value is -2.49. The number of benzene rings is 1. The topological polar surface area (TPSA) is 59.1 Å². The SMILES string of the molecule is Cc1cccc(C(=O)N[C@H]2Cc3ccccc3CC2=O)n1. The molecule has 2 aromatic rings. The number of hydrogen-bond donors (Lipinski definition) is 1. The van der Waals surface area contributed by atoms with Crippen molar-refractivity contribution in [3.63, 3.8) is 0 Å². The summed E-state index contributed by atoms with van der Waals surface area (Å²) in [7, 11) is 0. The molecule has 4 heteroatoms. The Morgan fingerprint density at radius 2 is 1.90 bits per heavy atom. The third-order valence-corrected chi connectivity index (χ3v) is 3.72. The average molecular weight is 280 g/mol. The number of nitrogens with zero attached hydrogens (tertiary/aromatic N) is 1. The molecule has 4 nitrogen and oxygen atoms in total. The Morgan fingerprint density at radius 1 is 1.14 bits per heavy atom. The Kier molecular flexibility index (Phi) is 3.52. The van der Waals surface area contributed by atoms with Gasteiger partial charge in [-0.3, -0.25) is 9.59 Å². The fraction of sp³-hybridized carbons (Fsp3) is 0.235. The molecule has 1 aromatic heterocycles. The van der Waals surface area contributed by atoms with Crippen LogP contribution in [0.25, 0.3) is 0 Å². The van der Waals surface area contributed by atoms with E-state index in [0.717, 1.165) is 16.8 Å². The Labute approximate surface area is 123 Å². The number of carbonyl (C=O) groups is 2. The Bertz CT molecular complexity index is 709. The first-order chi connectivity index (χ1) is 10.1. The minimum absolute atomic E-state index is 0.0507. The summed E-state index contributed by atoms with van der Waals surface area (Å²) in [6.45, 7) is 1.83. The lowest BCUT2D eigenvalue weighted by Crippen LogP contribution is -2.45. The molecule has 106 valence electrons. The minimum Gasteiger partial charge on any atom is -0.341 e. The van der Waals surface area contributed by atoms with Crippen LogP contribution in [-0.4, -0.2) is 22.7 Å². The van der Waals surface area contributed by atoms with Gasteiger partial charge in [0.05, 0.1) is 6.04 Å². The predicted octanol–water partition coefficient (Wildman–Crippen LogP) is 1.86. The quantitative estimate of drug-likeness (QED) is 0.913. The number of aryl methyl sites for hydroxylation is 1. The van der Waals surface area contributed by atoms with Gasteiger partial charge < -0.3 is 5.32 Å². The molecular formula is C17H16N2O2. The van der Waals surface area contributed by atoms with Crippen LogP contribution in [0.15, 0.2) is 42.5 Å². The van der Waals surface area contributed by atoms with Gasteiger partial charge in [-0.2, -0.15) is 0 Å². The summed E-state index contributed by atoms with van der Waals surface area (Å²) in [5.74, 6) is -0.244. The van der Waals surface area contributed by atoms with Crippen molar-refractivity contribution in [2.75, 3.05) is 0 Å². The standard InChI is InChI=1S/C17H16N2O2/c1-11-5-4-8-14(18-11)17(21)19-15-9-12-6-2-3-7-13(12)10-16(15)20/h2-8,15H,9-10H2,1H3,(H,19,21)/t15-/m0/s1. The van der Waals surface area contributed by atoms with Gasteiger partial charge in [-0.25, -0.2) is 4.98 Å². The lowest BCUT2D eigenvalue weighted by atomic mass is 9.87. The smallest absolute Gasteiger partial charge is 0.270 e. The third-order valence-electron chi connectivity index (χ3n) is 3.72. The van der Waals surface area contributed by atoms with E-state index in [1.165, 1.54) is 0 Å². The summed E-state index contributed by atoms with van der Waals surface area (Å²) in [6.07, 6.45) is 0.926. The molecule has 21 heavy (non-hydrogen) atoms. The van der Waals surface area contributed by atoms with Crippen molar-refractivity contribution in [3.05, 3.63) is 65.0 Å². The molecule has 1 aliphatic rings. The molecule has 1 amide bonds. The van der Waals surface area contributed by atoms with Crippen LogP contribution < -0.4 is 5.32 Å². The zero-order valence-electron chi connectivity index (χ0n) is 11.8. The maximum absolute atomic E-state index is 12.2. The first kappa shape index (κ1) is 13.5. The number of hydrogen-bond acceptors (Lipinski definition) is 3. The molecule has 0 spiro atoms. The van der Waals surface area contributed by atoms with E-state index < -0.39 is 6.04 Å². The number of carbonyl (C=O) groups excluding carboxylic acids is 2. The minimum atomic E-state index is -0.463. The highest BCUT2D eigenvalue weighted by atomic mass is 16.2. The van der Waals surface area contributed by atoms with E-state index in [2.05, 4.69) is 10.3 Å². The number of amides is 1. The maximum atomic E-state index is 12.2. The van der Waals surface area contributed by atoms with Crippen molar-refractivity contribution in [3.8, 4) is 0 Å². The van der Waals surface area contributed by atoms with Crippen LogP contribution in [0, 0.1) is 6.92 Å². The van der Waals surface area contributed by atoms with Crippen LogP contribution in [0.4, 0.5) is 0 Å². The Balaban J connectivity index is 1.77. The molecule has 1 N–H and O–H groups in total. The van der Waals surface area contributed by atoms with Crippen LogP contribution in [-0.2, 0) is 17.6 Å². The lowest BCUT2D eigenvalue weighted by molar-refractivity contribution is -0.120. The fourth-order valence-corrected chi connectivity index (χ4v) is 2.61. The molecule has 1 aromatic carbocycles. The number of Topliss-reactive ketones (excluding diaryl/α,β-unsaturated/α-hetero) is 1. The van der Waals surface area contributed by atoms with Crippen molar-refractivity contribution in [1.82, 2.24) is 10.3 Å². The van der Waals surface area contributed by atoms with E-state index in [0.29, 0.717) is 18.5 Å². The first-order valence-corrected chi connectivity index (χ1v) is 6.97. The molecule has 0 fully saturated rings. The van der Waals surface area contributed by atoms with Gasteiger partial charge in [-0.15, -0.1) is 0 Å². The van der Waals surface area contributed by atoms with Crippen LogP contribution in [0.3, 0.4) is 0 Å². The number of rotatable bonds is 2. The highest BCUT2D eigenvalue weighted by molar-refractivity contribution is 5.97. The summed E-state index contributed by atoms with van der Waals surface area (Å²) in [5.41, 5.74) is 3.31. The van der Waals surface area contributed by atoms with E-state index in [1.54, 1.807) is 12.1 Å². The molecule has 0 bridgehead atoms. The van der Waals surface area contributed by atoms with Gasteiger partial charge in [0.2, 0.25) is 0 Å². The second-order valence-electron chi connectivity index (χ2n) is 5.31. The molecule has 0 saturated carbocycles. The van der Waals surface area contributed by atoms with Gasteiger partial charge in [0.25, 0.3) is 5.91 Å². The predicted molar refractivity (Wildman–Crippen MR) is 79.1 cm³/mol. The molecular weight excluding hydrogens is 264 g/mol. The summed E-state index contributed by atoms with van der Waals surface area (Å²) in [4.78, 5) is 28.5. The molecule has 0 radical (unpaired) electrons. The fourth-order valence-electron chi connectivity index (χ4n) is 2.61. The van der Waals surface area contributed by atoms with Gasteiger partial charge in [0.15, 0.2) is 5.78 Å². The highest BCUT2D eigenvalue weighted by Crippen LogP contribution is 2.19. The highest BCUT2D eigenvalue weighted by Gasteiger charge is 2.27. The molecule has 3 rings (SSSR count). The second kappa shape index (κ2) is 5.48. The third kappa shape index (κ3) is 2.84. The van der Waals surface area contributed by atoms with Crippen molar-refractivity contribution < 1.29 is 9.59 Å². The molecule has 1 aliphatic carbocycles. The summed E-state index contributed by atoms with van der Waals surface area (Å²) < 4.78 is 0. The van der Waals surface area contributed by atoms with Crippen LogP contribution in [0.5, 0.6) is 0 Å². The van der Waals surface area contributed by atoms with Gasteiger partial charge >= 0.3 is 0 Å². The van der Waals surface area contributed by atoms with E-state index in [4.69, 9.17) is 0 Å². The van der Waals surface area contributed by atoms with Crippen LogP contribution in [0.2, 0.25) is 0 Å². The van der Waals surface area contributed by atoms with E-state index >= 15 is 0 Å². The molecule has 0 saturated heterocycles. The first-order valence-electron chi connectivity index (χ1n) is 6.97. The van der Waals surface area contributed by atoms with Crippen molar-refractivity contribution in [2.24, 2.45) is 0 Å². The van der Waals surface area contributed by atoms with E-state index in [9.17, 15) is 9.59 Å². The summed E-state index contributed by atoms with van der Waals surface area (Å²) >= 11 is 0. The van der Waals surface area contributed by atoms with Crippen molar-refractivity contribution in [2.45, 2.75) is 25.8 Å². The van der Waals surface area contributed by atoms with E-state index in [-0.39, 0.29) is 11.7 Å². The van der Waals surface area contributed by atoms with Crippen LogP contribution >= 0.6 is 0 Å². The normalized spacial score (nSPS) is 17.2. The number of nitrogens with one attached hydrogen (secondary N) is 1. The number of fused-ring (bicyclic) bond motifs is 1. The monoisotopic (exact) mass is 280 g/mol.